The Labute approximate surface area is 163 Å². The number of nitrogens with zero attached hydrogens (tertiary/aromatic N) is 1. The third kappa shape index (κ3) is 3.13. The average molecular weight is 436 g/mol. The standard InChI is InChI=1S/C20H22BrNO3S/c1-15-4-10-18(11-5-15)26(23,24)25-20(16-6-8-17(21)9-7-16)12-14-22-13-2-3-19(20)22/h4-11,19H,2-3,12-14H2,1H3/t19-,20-/m0/s1. The van der Waals surface area contributed by atoms with Crippen molar-refractivity contribution in [1.82, 2.24) is 4.90 Å². The van der Waals surface area contributed by atoms with E-state index in [-0.39, 0.29) is 10.9 Å². The molecule has 0 saturated carbocycles. The SMILES string of the molecule is Cc1ccc(S(=O)(=O)O[C@]2(c3ccc(Br)cc3)CCN3CCC[C@H]32)cc1. The first kappa shape index (κ1) is 18.2. The summed E-state index contributed by atoms with van der Waals surface area (Å²) in [6.45, 7) is 3.81. The second kappa shape index (κ2) is 6.75. The van der Waals surface area contributed by atoms with Crippen molar-refractivity contribution in [3.8, 4) is 0 Å². The summed E-state index contributed by atoms with van der Waals surface area (Å²) in [6, 6.07) is 14.8. The first-order valence-electron chi connectivity index (χ1n) is 8.93. The Morgan fingerprint density at radius 1 is 1.08 bits per heavy atom. The van der Waals surface area contributed by atoms with E-state index in [1.54, 1.807) is 24.3 Å². The van der Waals surface area contributed by atoms with Gasteiger partial charge in [-0.25, -0.2) is 0 Å². The van der Waals surface area contributed by atoms with E-state index in [2.05, 4.69) is 20.8 Å². The van der Waals surface area contributed by atoms with Gasteiger partial charge in [-0.05, 0) is 62.6 Å². The van der Waals surface area contributed by atoms with Crippen molar-refractivity contribution >= 4 is 26.0 Å². The molecule has 0 bridgehead atoms. The van der Waals surface area contributed by atoms with E-state index in [1.165, 1.54) is 0 Å². The maximum Gasteiger partial charge on any atom is 0.297 e. The second-order valence-electron chi connectivity index (χ2n) is 7.19. The number of hydrogen-bond donors (Lipinski definition) is 0. The van der Waals surface area contributed by atoms with Gasteiger partial charge in [-0.15, -0.1) is 0 Å². The number of benzene rings is 2. The Hall–Kier alpha value is -1.21. The summed E-state index contributed by atoms with van der Waals surface area (Å²) in [5.41, 5.74) is 1.14. The zero-order valence-corrected chi connectivity index (χ0v) is 17.1. The summed E-state index contributed by atoms with van der Waals surface area (Å²) in [7, 11) is -3.85. The minimum atomic E-state index is -3.85. The third-order valence-electron chi connectivity index (χ3n) is 5.57. The van der Waals surface area contributed by atoms with Crippen molar-refractivity contribution in [2.45, 2.75) is 42.7 Å². The molecule has 2 aliphatic heterocycles. The molecule has 4 rings (SSSR count). The highest BCUT2D eigenvalue weighted by molar-refractivity contribution is 9.10. The summed E-state index contributed by atoms with van der Waals surface area (Å²) < 4.78 is 33.2. The van der Waals surface area contributed by atoms with Gasteiger partial charge in [-0.3, -0.25) is 9.08 Å². The fraction of sp³-hybridized carbons (Fsp3) is 0.400. The van der Waals surface area contributed by atoms with Gasteiger partial charge in [-0.2, -0.15) is 8.42 Å². The van der Waals surface area contributed by atoms with E-state index >= 15 is 0 Å². The molecule has 4 nitrogen and oxygen atoms in total. The summed E-state index contributed by atoms with van der Waals surface area (Å²) in [6.07, 6.45) is 2.72. The molecule has 2 aromatic rings. The summed E-state index contributed by atoms with van der Waals surface area (Å²) >= 11 is 3.46. The van der Waals surface area contributed by atoms with Crippen LogP contribution in [0.4, 0.5) is 0 Å². The molecular weight excluding hydrogens is 414 g/mol. The molecule has 0 amide bonds. The summed E-state index contributed by atoms with van der Waals surface area (Å²) in [4.78, 5) is 2.59. The van der Waals surface area contributed by atoms with Gasteiger partial charge < -0.3 is 0 Å². The molecule has 2 aliphatic rings. The maximum absolute atomic E-state index is 13.1. The molecule has 0 unspecified atom stereocenters. The lowest BCUT2D eigenvalue weighted by Gasteiger charge is -2.35. The average Bonchev–Trinajstić information content (AvgIpc) is 3.20. The molecule has 6 heteroatoms. The molecule has 0 aliphatic carbocycles. The largest absolute Gasteiger partial charge is 0.297 e. The lowest BCUT2D eigenvalue weighted by molar-refractivity contribution is 0.0431. The number of aryl methyl sites for hydroxylation is 1. The van der Waals surface area contributed by atoms with E-state index in [4.69, 9.17) is 4.18 Å². The first-order chi connectivity index (χ1) is 12.4. The monoisotopic (exact) mass is 435 g/mol. The summed E-state index contributed by atoms with van der Waals surface area (Å²) in [5, 5.41) is 0. The van der Waals surface area contributed by atoms with Crippen LogP contribution in [0.5, 0.6) is 0 Å². The maximum atomic E-state index is 13.1. The lowest BCUT2D eigenvalue weighted by Crippen LogP contribution is -2.42. The highest BCUT2D eigenvalue weighted by atomic mass is 79.9. The van der Waals surface area contributed by atoms with Gasteiger partial charge in [0.2, 0.25) is 0 Å². The van der Waals surface area contributed by atoms with Crippen LogP contribution < -0.4 is 0 Å². The van der Waals surface area contributed by atoms with Crippen molar-refractivity contribution in [2.75, 3.05) is 13.1 Å². The Morgan fingerprint density at radius 2 is 1.77 bits per heavy atom. The Morgan fingerprint density at radius 3 is 2.46 bits per heavy atom. The van der Waals surface area contributed by atoms with Crippen LogP contribution in [0, 0.1) is 6.92 Å². The van der Waals surface area contributed by atoms with Crippen LogP contribution in [0.15, 0.2) is 57.9 Å². The molecule has 0 aromatic heterocycles. The molecule has 138 valence electrons. The van der Waals surface area contributed by atoms with E-state index in [9.17, 15) is 8.42 Å². The molecule has 0 radical (unpaired) electrons. The van der Waals surface area contributed by atoms with Crippen molar-refractivity contribution < 1.29 is 12.6 Å². The predicted molar refractivity (Wildman–Crippen MR) is 104 cm³/mol. The van der Waals surface area contributed by atoms with Crippen molar-refractivity contribution in [1.29, 1.82) is 0 Å². The van der Waals surface area contributed by atoms with E-state index < -0.39 is 15.7 Å². The molecule has 0 N–H and O–H groups in total. The topological polar surface area (TPSA) is 46.6 Å². The molecular formula is C20H22BrNO3S. The molecule has 2 fully saturated rings. The second-order valence-corrected chi connectivity index (χ2v) is 9.65. The van der Waals surface area contributed by atoms with Crippen LogP contribution >= 0.6 is 15.9 Å². The molecule has 2 aromatic carbocycles. The Kier molecular flexibility index (Phi) is 4.72. The van der Waals surface area contributed by atoms with Crippen LogP contribution in [0.2, 0.25) is 0 Å². The zero-order chi connectivity index (χ0) is 18.4. The van der Waals surface area contributed by atoms with Crippen LogP contribution in [0.25, 0.3) is 0 Å². The van der Waals surface area contributed by atoms with Crippen molar-refractivity contribution in [2.24, 2.45) is 0 Å². The molecule has 26 heavy (non-hydrogen) atoms. The number of halogens is 1. The Bertz CT molecular complexity index is 896. The molecule has 2 saturated heterocycles. The normalized spacial score (nSPS) is 26.2. The summed E-state index contributed by atoms with van der Waals surface area (Å²) in [5.74, 6) is 0. The third-order valence-corrected chi connectivity index (χ3v) is 7.47. The first-order valence-corrected chi connectivity index (χ1v) is 11.1. The quantitative estimate of drug-likeness (QED) is 0.674. The van der Waals surface area contributed by atoms with Crippen molar-refractivity contribution in [3.05, 3.63) is 64.1 Å². The van der Waals surface area contributed by atoms with E-state index in [1.807, 2.05) is 31.2 Å². The highest BCUT2D eigenvalue weighted by Crippen LogP contribution is 2.47. The van der Waals surface area contributed by atoms with Crippen molar-refractivity contribution in [3.63, 3.8) is 0 Å². The van der Waals surface area contributed by atoms with Gasteiger partial charge in [0.1, 0.15) is 5.60 Å². The van der Waals surface area contributed by atoms with Crippen LogP contribution in [0.1, 0.15) is 30.4 Å². The Balaban J connectivity index is 1.76. The van der Waals surface area contributed by atoms with Gasteiger partial charge in [0.05, 0.1) is 4.90 Å². The highest BCUT2D eigenvalue weighted by Gasteiger charge is 2.53. The van der Waals surface area contributed by atoms with Gasteiger partial charge in [-0.1, -0.05) is 45.8 Å². The van der Waals surface area contributed by atoms with Crippen LogP contribution in [-0.4, -0.2) is 32.4 Å². The fourth-order valence-corrected chi connectivity index (χ4v) is 5.77. The van der Waals surface area contributed by atoms with Crippen LogP contribution in [0.3, 0.4) is 0 Å². The molecule has 2 atom stereocenters. The molecule has 2 heterocycles. The number of hydrogen-bond acceptors (Lipinski definition) is 4. The minimum absolute atomic E-state index is 0.101. The van der Waals surface area contributed by atoms with Gasteiger partial charge >= 0.3 is 0 Å². The number of fused-ring (bicyclic) bond motifs is 1. The van der Waals surface area contributed by atoms with E-state index in [0.29, 0.717) is 6.42 Å². The lowest BCUT2D eigenvalue weighted by atomic mass is 9.85. The smallest absolute Gasteiger partial charge is 0.297 e. The zero-order valence-electron chi connectivity index (χ0n) is 14.7. The fourth-order valence-electron chi connectivity index (χ4n) is 4.26. The molecule has 0 spiro atoms. The van der Waals surface area contributed by atoms with Crippen LogP contribution in [-0.2, 0) is 19.9 Å². The van der Waals surface area contributed by atoms with Gasteiger partial charge in [0, 0.05) is 17.1 Å². The number of rotatable bonds is 4. The predicted octanol–water partition coefficient (Wildman–Crippen LogP) is 4.23. The van der Waals surface area contributed by atoms with Gasteiger partial charge in [0.25, 0.3) is 10.1 Å². The van der Waals surface area contributed by atoms with E-state index in [0.717, 1.165) is 41.5 Å². The van der Waals surface area contributed by atoms with Gasteiger partial charge in [0.15, 0.2) is 0 Å². The minimum Gasteiger partial charge on any atom is -0.297 e.